The van der Waals surface area contributed by atoms with Crippen LogP contribution in [0.4, 0.5) is 10.1 Å². The molecule has 0 unspecified atom stereocenters. The number of hydrogen-bond acceptors (Lipinski definition) is 3. The fourth-order valence-corrected chi connectivity index (χ4v) is 2.14. The maximum atomic E-state index is 13.0. The minimum Gasteiger partial charge on any atom is -0.327 e. The first kappa shape index (κ1) is 11.7. The Morgan fingerprint density at radius 3 is 2.58 bits per heavy atom. The Balaban J connectivity index is 2.19. The average Bonchev–Trinajstić information content (AvgIpc) is 2.76. The molecule has 1 heterocycles. The third kappa shape index (κ3) is 1.94. The van der Waals surface area contributed by atoms with E-state index in [4.69, 9.17) is 5.84 Å². The SMILES string of the molecule is Cn1c(-c2ccc(F)cc2)nc2ccc(NN)cc21. The fraction of sp³-hybridized carbons (Fsp3) is 0.0714. The topological polar surface area (TPSA) is 55.9 Å². The number of nitrogens with two attached hydrogens (primary N) is 1. The highest BCUT2D eigenvalue weighted by Gasteiger charge is 2.10. The van der Waals surface area contributed by atoms with Crippen LogP contribution in [-0.4, -0.2) is 9.55 Å². The normalized spacial score (nSPS) is 10.9. The standard InChI is InChI=1S/C14H13FN4/c1-19-13-8-11(18-16)6-7-12(13)17-14(19)9-2-4-10(15)5-3-9/h2-8,18H,16H2,1H3. The Morgan fingerprint density at radius 2 is 1.89 bits per heavy atom. The van der Waals surface area contributed by atoms with E-state index in [1.807, 2.05) is 29.8 Å². The molecule has 3 aromatic rings. The van der Waals surface area contributed by atoms with Crippen molar-refractivity contribution in [2.45, 2.75) is 0 Å². The Morgan fingerprint density at radius 1 is 1.16 bits per heavy atom. The molecule has 0 radical (unpaired) electrons. The lowest BCUT2D eigenvalue weighted by atomic mass is 10.2. The van der Waals surface area contributed by atoms with Crippen molar-refractivity contribution in [3.63, 3.8) is 0 Å². The number of aromatic nitrogens is 2. The third-order valence-corrected chi connectivity index (χ3v) is 3.15. The van der Waals surface area contributed by atoms with Crippen molar-refractivity contribution in [2.75, 3.05) is 5.43 Å². The van der Waals surface area contributed by atoms with Crippen LogP contribution in [0.15, 0.2) is 42.5 Å². The number of hydrogen-bond donors (Lipinski definition) is 2. The van der Waals surface area contributed by atoms with Crippen LogP contribution < -0.4 is 11.3 Å². The van der Waals surface area contributed by atoms with Gasteiger partial charge in [-0.25, -0.2) is 9.37 Å². The molecule has 0 saturated heterocycles. The van der Waals surface area contributed by atoms with Crippen molar-refractivity contribution in [1.29, 1.82) is 0 Å². The summed E-state index contributed by atoms with van der Waals surface area (Å²) in [6, 6.07) is 12.0. The van der Waals surface area contributed by atoms with Gasteiger partial charge in [-0.05, 0) is 42.5 Å². The van der Waals surface area contributed by atoms with Gasteiger partial charge in [0.2, 0.25) is 0 Å². The van der Waals surface area contributed by atoms with Crippen molar-refractivity contribution in [3.05, 3.63) is 48.3 Å². The van der Waals surface area contributed by atoms with E-state index in [2.05, 4.69) is 10.4 Å². The molecule has 4 nitrogen and oxygen atoms in total. The number of nitrogens with one attached hydrogen (secondary N) is 1. The Labute approximate surface area is 109 Å². The molecular weight excluding hydrogens is 243 g/mol. The molecule has 3 N–H and O–H groups in total. The molecule has 0 saturated carbocycles. The van der Waals surface area contributed by atoms with E-state index in [-0.39, 0.29) is 5.82 Å². The van der Waals surface area contributed by atoms with Crippen molar-refractivity contribution in [3.8, 4) is 11.4 Å². The minimum absolute atomic E-state index is 0.253. The Kier molecular flexibility index (Phi) is 2.68. The molecule has 2 aromatic carbocycles. The summed E-state index contributed by atoms with van der Waals surface area (Å²) in [7, 11) is 1.92. The van der Waals surface area contributed by atoms with Crippen molar-refractivity contribution in [2.24, 2.45) is 12.9 Å². The summed E-state index contributed by atoms with van der Waals surface area (Å²) in [5.74, 6) is 5.95. The molecule has 19 heavy (non-hydrogen) atoms. The summed E-state index contributed by atoms with van der Waals surface area (Å²) in [5.41, 5.74) is 6.15. The van der Waals surface area contributed by atoms with E-state index in [1.165, 1.54) is 12.1 Å². The van der Waals surface area contributed by atoms with Gasteiger partial charge in [0, 0.05) is 12.6 Å². The predicted octanol–water partition coefficient (Wildman–Crippen LogP) is 2.67. The van der Waals surface area contributed by atoms with Crippen LogP contribution in [0.3, 0.4) is 0 Å². The van der Waals surface area contributed by atoms with Gasteiger partial charge in [-0.1, -0.05) is 0 Å². The lowest BCUT2D eigenvalue weighted by molar-refractivity contribution is 0.628. The van der Waals surface area contributed by atoms with E-state index in [9.17, 15) is 4.39 Å². The number of nitrogens with zero attached hydrogens (tertiary/aromatic N) is 2. The van der Waals surface area contributed by atoms with Gasteiger partial charge in [-0.3, -0.25) is 5.84 Å². The van der Waals surface area contributed by atoms with Gasteiger partial charge in [0.15, 0.2) is 0 Å². The second-order valence-corrected chi connectivity index (χ2v) is 4.35. The molecule has 0 aliphatic carbocycles. The van der Waals surface area contributed by atoms with Gasteiger partial charge in [0.05, 0.1) is 16.7 Å². The number of anilines is 1. The van der Waals surface area contributed by atoms with E-state index < -0.39 is 0 Å². The number of aryl methyl sites for hydroxylation is 1. The van der Waals surface area contributed by atoms with Gasteiger partial charge >= 0.3 is 0 Å². The highest BCUT2D eigenvalue weighted by Crippen LogP contribution is 2.25. The van der Waals surface area contributed by atoms with Crippen LogP contribution in [0.25, 0.3) is 22.4 Å². The van der Waals surface area contributed by atoms with Crippen LogP contribution in [0.2, 0.25) is 0 Å². The van der Waals surface area contributed by atoms with Crippen molar-refractivity contribution < 1.29 is 4.39 Å². The van der Waals surface area contributed by atoms with Crippen LogP contribution in [0.1, 0.15) is 0 Å². The Bertz CT molecular complexity index is 731. The molecule has 0 atom stereocenters. The first-order valence-electron chi connectivity index (χ1n) is 5.88. The van der Waals surface area contributed by atoms with E-state index in [0.29, 0.717) is 0 Å². The Hall–Kier alpha value is -2.40. The second kappa shape index (κ2) is 4.37. The number of fused-ring (bicyclic) bond motifs is 1. The molecule has 96 valence electrons. The molecule has 0 bridgehead atoms. The molecule has 0 aliphatic rings. The van der Waals surface area contributed by atoms with E-state index >= 15 is 0 Å². The first-order chi connectivity index (χ1) is 9.19. The molecule has 0 aliphatic heterocycles. The summed E-state index contributed by atoms with van der Waals surface area (Å²) in [5, 5.41) is 0. The maximum Gasteiger partial charge on any atom is 0.140 e. The van der Waals surface area contributed by atoms with Crippen LogP contribution in [0.5, 0.6) is 0 Å². The second-order valence-electron chi connectivity index (χ2n) is 4.35. The number of halogens is 1. The third-order valence-electron chi connectivity index (χ3n) is 3.15. The lowest BCUT2D eigenvalue weighted by Crippen LogP contribution is -2.06. The van der Waals surface area contributed by atoms with E-state index in [1.54, 1.807) is 12.1 Å². The minimum atomic E-state index is -0.253. The fourth-order valence-electron chi connectivity index (χ4n) is 2.14. The zero-order valence-electron chi connectivity index (χ0n) is 10.4. The van der Waals surface area contributed by atoms with Gasteiger partial charge < -0.3 is 9.99 Å². The quantitative estimate of drug-likeness (QED) is 0.547. The van der Waals surface area contributed by atoms with Gasteiger partial charge in [-0.15, -0.1) is 0 Å². The van der Waals surface area contributed by atoms with Gasteiger partial charge in [-0.2, -0.15) is 0 Å². The van der Waals surface area contributed by atoms with Crippen LogP contribution in [0, 0.1) is 5.82 Å². The summed E-state index contributed by atoms with van der Waals surface area (Å²) in [6.45, 7) is 0. The molecule has 3 rings (SSSR count). The molecular formula is C14H13FN4. The molecule has 5 heteroatoms. The highest BCUT2D eigenvalue weighted by atomic mass is 19.1. The average molecular weight is 256 g/mol. The monoisotopic (exact) mass is 256 g/mol. The molecule has 0 spiro atoms. The zero-order chi connectivity index (χ0) is 13.4. The summed E-state index contributed by atoms with van der Waals surface area (Å²) < 4.78 is 14.9. The predicted molar refractivity (Wildman–Crippen MR) is 73.9 cm³/mol. The lowest BCUT2D eigenvalue weighted by Gasteiger charge is -2.03. The number of hydrazine groups is 1. The van der Waals surface area contributed by atoms with Crippen LogP contribution in [-0.2, 0) is 7.05 Å². The largest absolute Gasteiger partial charge is 0.327 e. The zero-order valence-corrected chi connectivity index (χ0v) is 10.4. The summed E-state index contributed by atoms with van der Waals surface area (Å²) >= 11 is 0. The molecule has 0 amide bonds. The maximum absolute atomic E-state index is 13.0. The highest BCUT2D eigenvalue weighted by molar-refractivity contribution is 5.83. The van der Waals surface area contributed by atoms with Gasteiger partial charge in [0.1, 0.15) is 11.6 Å². The number of rotatable bonds is 2. The van der Waals surface area contributed by atoms with Gasteiger partial charge in [0.25, 0.3) is 0 Å². The number of nitrogen functional groups attached to an aromatic ring is 1. The van der Waals surface area contributed by atoms with E-state index in [0.717, 1.165) is 28.1 Å². The first-order valence-corrected chi connectivity index (χ1v) is 5.88. The molecule has 0 fully saturated rings. The molecule has 1 aromatic heterocycles. The van der Waals surface area contributed by atoms with Crippen molar-refractivity contribution >= 4 is 16.7 Å². The number of benzene rings is 2. The van der Waals surface area contributed by atoms with Crippen molar-refractivity contribution in [1.82, 2.24) is 9.55 Å². The number of imidazole rings is 1. The van der Waals surface area contributed by atoms with Crippen LogP contribution >= 0.6 is 0 Å². The smallest absolute Gasteiger partial charge is 0.140 e. The summed E-state index contributed by atoms with van der Waals surface area (Å²) in [4.78, 5) is 4.56. The summed E-state index contributed by atoms with van der Waals surface area (Å²) in [6.07, 6.45) is 0.